The Hall–Kier alpha value is -4.47. The molecule has 2 aromatic heterocycles. The molecule has 166 valence electrons. The summed E-state index contributed by atoms with van der Waals surface area (Å²) in [6.07, 6.45) is 3.69. The Morgan fingerprint density at radius 3 is 2.64 bits per heavy atom. The number of aromatic nitrogens is 4. The highest BCUT2D eigenvalue weighted by molar-refractivity contribution is 6.03. The molecule has 33 heavy (non-hydrogen) atoms. The average molecular weight is 443 g/mol. The van der Waals surface area contributed by atoms with Crippen molar-refractivity contribution in [2.45, 2.75) is 12.5 Å². The minimum atomic E-state index is -0.298. The third kappa shape index (κ3) is 4.31. The Bertz CT molecular complexity index is 1230. The van der Waals surface area contributed by atoms with Crippen molar-refractivity contribution in [3.8, 4) is 11.4 Å². The summed E-state index contributed by atoms with van der Waals surface area (Å²) in [5, 5.41) is 20.4. The van der Waals surface area contributed by atoms with Crippen molar-refractivity contribution in [2.75, 3.05) is 19.0 Å². The van der Waals surface area contributed by atoms with E-state index in [0.29, 0.717) is 12.2 Å². The van der Waals surface area contributed by atoms with Gasteiger partial charge in [0.15, 0.2) is 0 Å². The van der Waals surface area contributed by atoms with Crippen LogP contribution in [-0.4, -0.2) is 50.5 Å². The van der Waals surface area contributed by atoms with E-state index in [-0.39, 0.29) is 18.5 Å². The first-order valence-electron chi connectivity index (χ1n) is 10.4. The highest BCUT2D eigenvalue weighted by atomic mass is 16.5. The summed E-state index contributed by atoms with van der Waals surface area (Å²) in [7, 11) is 1.63. The molecular weight excluding hydrogens is 422 g/mol. The molecule has 0 unspecified atom stereocenters. The number of hydrogen-bond donors (Lipinski definition) is 1. The number of amides is 1. The van der Waals surface area contributed by atoms with Crippen molar-refractivity contribution in [1.82, 2.24) is 25.2 Å². The standard InChI is InChI=1S/C23H21N7O3/c1-32-19-10-4-16(5-11-19)20-13-21(22-3-2-12-33-22)30(26-20)23(31)14-24-17-6-8-18(9-7-17)29-15-25-27-28-29/h2-12,15,21,24H,13-14H2,1H3/t21-/m0/s1. The van der Waals surface area contributed by atoms with Crippen molar-refractivity contribution in [3.63, 3.8) is 0 Å². The van der Waals surface area contributed by atoms with Crippen LogP contribution in [-0.2, 0) is 4.79 Å². The van der Waals surface area contributed by atoms with Crippen LogP contribution < -0.4 is 10.1 Å². The number of ether oxygens (including phenoxy) is 1. The van der Waals surface area contributed by atoms with Crippen LogP contribution in [0.1, 0.15) is 23.8 Å². The molecule has 0 bridgehead atoms. The maximum Gasteiger partial charge on any atom is 0.262 e. The zero-order valence-electron chi connectivity index (χ0n) is 17.8. The van der Waals surface area contributed by atoms with E-state index >= 15 is 0 Å². The lowest BCUT2D eigenvalue weighted by molar-refractivity contribution is -0.131. The topological polar surface area (TPSA) is 111 Å². The van der Waals surface area contributed by atoms with Gasteiger partial charge in [-0.15, -0.1) is 5.10 Å². The van der Waals surface area contributed by atoms with Gasteiger partial charge in [-0.25, -0.2) is 9.69 Å². The van der Waals surface area contributed by atoms with E-state index in [1.807, 2.05) is 60.7 Å². The Morgan fingerprint density at radius 2 is 1.97 bits per heavy atom. The second kappa shape index (κ2) is 8.95. The van der Waals surface area contributed by atoms with Gasteiger partial charge in [0.1, 0.15) is 23.9 Å². The quantitative estimate of drug-likeness (QED) is 0.467. The summed E-state index contributed by atoms with van der Waals surface area (Å²) in [5.74, 6) is 1.30. The molecule has 0 saturated carbocycles. The summed E-state index contributed by atoms with van der Waals surface area (Å²) in [6.45, 7) is 0.0842. The Morgan fingerprint density at radius 1 is 1.15 bits per heavy atom. The van der Waals surface area contributed by atoms with Gasteiger partial charge in [0.05, 0.1) is 31.3 Å². The monoisotopic (exact) mass is 443 g/mol. The van der Waals surface area contributed by atoms with E-state index in [1.54, 1.807) is 18.1 Å². The SMILES string of the molecule is COc1ccc(C2=NN(C(=O)CNc3ccc(-n4cnnn4)cc3)[C@H](c3ccco3)C2)cc1. The number of carbonyl (C=O) groups is 1. The molecule has 0 saturated heterocycles. The van der Waals surface area contributed by atoms with Crippen LogP contribution in [0, 0.1) is 0 Å². The molecule has 0 radical (unpaired) electrons. The molecule has 1 amide bonds. The predicted molar refractivity (Wildman–Crippen MR) is 120 cm³/mol. The van der Waals surface area contributed by atoms with Crippen molar-refractivity contribution < 1.29 is 13.9 Å². The zero-order valence-corrected chi connectivity index (χ0v) is 17.8. The van der Waals surface area contributed by atoms with Crippen molar-refractivity contribution >= 4 is 17.3 Å². The molecule has 3 heterocycles. The molecule has 1 aliphatic rings. The lowest BCUT2D eigenvalue weighted by Crippen LogP contribution is -2.32. The minimum Gasteiger partial charge on any atom is -0.497 e. The molecular formula is C23H21N7O3. The van der Waals surface area contributed by atoms with Gasteiger partial charge in [0, 0.05) is 12.1 Å². The van der Waals surface area contributed by atoms with Gasteiger partial charge in [-0.05, 0) is 76.7 Å². The molecule has 5 rings (SSSR count). The molecule has 0 aliphatic carbocycles. The van der Waals surface area contributed by atoms with Crippen LogP contribution in [0.15, 0.2) is 82.8 Å². The van der Waals surface area contributed by atoms with Crippen molar-refractivity contribution in [3.05, 3.63) is 84.6 Å². The third-order valence-corrected chi connectivity index (χ3v) is 5.39. The average Bonchev–Trinajstić information content (AvgIpc) is 3.64. The molecule has 4 aromatic rings. The van der Waals surface area contributed by atoms with Gasteiger partial charge in [-0.2, -0.15) is 5.10 Å². The van der Waals surface area contributed by atoms with Crippen LogP contribution in [0.3, 0.4) is 0 Å². The maximum atomic E-state index is 13.1. The summed E-state index contributed by atoms with van der Waals surface area (Å²) >= 11 is 0. The summed E-state index contributed by atoms with van der Waals surface area (Å²) in [5.41, 5.74) is 3.38. The second-order valence-corrected chi connectivity index (χ2v) is 7.40. The van der Waals surface area contributed by atoms with Gasteiger partial charge >= 0.3 is 0 Å². The van der Waals surface area contributed by atoms with Crippen LogP contribution >= 0.6 is 0 Å². The van der Waals surface area contributed by atoms with Gasteiger partial charge in [-0.3, -0.25) is 4.79 Å². The van der Waals surface area contributed by atoms with E-state index in [1.165, 1.54) is 11.3 Å². The fourth-order valence-electron chi connectivity index (χ4n) is 3.67. The van der Waals surface area contributed by atoms with Crippen LogP contribution in [0.25, 0.3) is 5.69 Å². The van der Waals surface area contributed by atoms with E-state index < -0.39 is 0 Å². The smallest absolute Gasteiger partial charge is 0.262 e. The fourth-order valence-corrected chi connectivity index (χ4v) is 3.67. The summed E-state index contributed by atoms with van der Waals surface area (Å²) in [6, 6.07) is 18.5. The molecule has 2 aromatic carbocycles. The predicted octanol–water partition coefficient (Wildman–Crippen LogP) is 3.05. The second-order valence-electron chi connectivity index (χ2n) is 7.40. The Balaban J connectivity index is 1.31. The number of benzene rings is 2. The molecule has 0 fully saturated rings. The van der Waals surface area contributed by atoms with E-state index in [4.69, 9.17) is 9.15 Å². The first kappa shape index (κ1) is 20.4. The first-order valence-corrected chi connectivity index (χ1v) is 10.4. The van der Waals surface area contributed by atoms with Gasteiger partial charge in [0.2, 0.25) is 0 Å². The van der Waals surface area contributed by atoms with Crippen molar-refractivity contribution in [2.24, 2.45) is 5.10 Å². The number of tetrazole rings is 1. The highest BCUT2D eigenvalue weighted by Gasteiger charge is 2.34. The Kier molecular flexibility index (Phi) is 5.54. The van der Waals surface area contributed by atoms with Gasteiger partial charge < -0.3 is 14.5 Å². The number of carbonyl (C=O) groups excluding carboxylic acids is 1. The lowest BCUT2D eigenvalue weighted by atomic mass is 10.0. The highest BCUT2D eigenvalue weighted by Crippen LogP contribution is 2.33. The molecule has 10 nitrogen and oxygen atoms in total. The van der Waals surface area contributed by atoms with E-state index in [2.05, 4.69) is 25.9 Å². The molecule has 1 atom stereocenters. The molecule has 1 N–H and O–H groups in total. The number of rotatable bonds is 7. The number of nitrogens with zero attached hydrogens (tertiary/aromatic N) is 6. The normalized spacial score (nSPS) is 15.4. The van der Waals surface area contributed by atoms with E-state index in [9.17, 15) is 4.79 Å². The van der Waals surface area contributed by atoms with Gasteiger partial charge in [-0.1, -0.05) is 0 Å². The van der Waals surface area contributed by atoms with E-state index in [0.717, 1.165) is 28.4 Å². The number of furan rings is 1. The molecule has 10 heteroatoms. The lowest BCUT2D eigenvalue weighted by Gasteiger charge is -2.20. The van der Waals surface area contributed by atoms with Crippen LogP contribution in [0.4, 0.5) is 5.69 Å². The third-order valence-electron chi connectivity index (χ3n) is 5.39. The number of hydrogen-bond acceptors (Lipinski definition) is 8. The summed E-state index contributed by atoms with van der Waals surface area (Å²) in [4.78, 5) is 13.1. The Labute approximate surface area is 189 Å². The number of nitrogens with one attached hydrogen (secondary N) is 1. The van der Waals surface area contributed by atoms with Crippen LogP contribution in [0.5, 0.6) is 5.75 Å². The number of hydrazone groups is 1. The number of anilines is 1. The first-order chi connectivity index (χ1) is 16.2. The minimum absolute atomic E-state index is 0.0842. The largest absolute Gasteiger partial charge is 0.497 e. The number of methoxy groups -OCH3 is 1. The summed E-state index contributed by atoms with van der Waals surface area (Å²) < 4.78 is 12.4. The van der Waals surface area contributed by atoms with Crippen molar-refractivity contribution in [1.29, 1.82) is 0 Å². The molecule has 0 spiro atoms. The van der Waals surface area contributed by atoms with Gasteiger partial charge in [0.25, 0.3) is 5.91 Å². The fraction of sp³-hybridized carbons (Fsp3) is 0.174. The molecule has 1 aliphatic heterocycles. The zero-order chi connectivity index (χ0) is 22.6. The maximum absolute atomic E-state index is 13.1. The van der Waals surface area contributed by atoms with Crippen LogP contribution in [0.2, 0.25) is 0 Å².